The molecule has 1 aromatic heterocycles. The minimum absolute atomic E-state index is 0.231. The molecule has 1 saturated heterocycles. The maximum atomic E-state index is 12.4. The van der Waals surface area contributed by atoms with E-state index in [0.717, 1.165) is 16.7 Å². The Morgan fingerprint density at radius 1 is 1.36 bits per heavy atom. The molecule has 1 atom stereocenters. The summed E-state index contributed by atoms with van der Waals surface area (Å²) in [5.74, 6) is -0.857. The Balaban J connectivity index is 1.67. The molecule has 1 unspecified atom stereocenters. The van der Waals surface area contributed by atoms with Crippen molar-refractivity contribution in [2.24, 2.45) is 12.5 Å². The number of amides is 2. The number of aliphatic carboxylic acids is 1. The van der Waals surface area contributed by atoms with Gasteiger partial charge < -0.3 is 15.3 Å². The fourth-order valence-corrected chi connectivity index (χ4v) is 3.11. The van der Waals surface area contributed by atoms with Crippen LogP contribution in [0.1, 0.15) is 18.9 Å². The third-order valence-electron chi connectivity index (χ3n) is 4.74. The van der Waals surface area contributed by atoms with Gasteiger partial charge in [0.15, 0.2) is 0 Å². The summed E-state index contributed by atoms with van der Waals surface area (Å²) in [6.45, 7) is 2.75. The third-order valence-corrected chi connectivity index (χ3v) is 4.74. The molecule has 132 valence electrons. The average Bonchev–Trinajstić information content (AvgIpc) is 3.20. The van der Waals surface area contributed by atoms with Crippen molar-refractivity contribution in [1.82, 2.24) is 20.0 Å². The lowest BCUT2D eigenvalue weighted by atomic mass is 9.90. The molecule has 0 bridgehead atoms. The van der Waals surface area contributed by atoms with Crippen LogP contribution in [-0.4, -0.2) is 44.9 Å². The van der Waals surface area contributed by atoms with Crippen LogP contribution in [0.3, 0.4) is 0 Å². The Bertz CT molecular complexity index is 801. The van der Waals surface area contributed by atoms with Crippen LogP contribution in [-0.2, 0) is 18.4 Å². The molecular weight excluding hydrogens is 320 g/mol. The number of aromatic nitrogens is 2. The normalized spacial score (nSPS) is 19.8. The van der Waals surface area contributed by atoms with E-state index in [1.165, 1.54) is 0 Å². The molecule has 1 aromatic carbocycles. The molecule has 3 rings (SSSR count). The quantitative estimate of drug-likeness (QED) is 0.891. The van der Waals surface area contributed by atoms with Gasteiger partial charge in [0.1, 0.15) is 0 Å². The molecule has 25 heavy (non-hydrogen) atoms. The number of carboxylic acid groups (broad SMARTS) is 1. The van der Waals surface area contributed by atoms with Crippen molar-refractivity contribution >= 4 is 12.0 Å². The first kappa shape index (κ1) is 17.0. The molecule has 1 aliphatic heterocycles. The standard InChI is InChI=1S/C18H22N4O3/c1-18(16(23)24)7-8-22(12-18)17(25)19-9-13-5-3-4-6-15(13)14-10-20-21(2)11-14/h3-6,10-11H,7-9,12H2,1-2H3,(H,19,25)(H,23,24). The second-order valence-corrected chi connectivity index (χ2v) is 6.76. The van der Waals surface area contributed by atoms with Gasteiger partial charge in [-0.05, 0) is 24.5 Å². The summed E-state index contributed by atoms with van der Waals surface area (Å²) in [6, 6.07) is 7.61. The number of hydrogen-bond acceptors (Lipinski definition) is 3. The average molecular weight is 342 g/mol. The number of nitrogens with zero attached hydrogens (tertiary/aromatic N) is 3. The van der Waals surface area contributed by atoms with Crippen molar-refractivity contribution < 1.29 is 14.7 Å². The third kappa shape index (κ3) is 3.50. The second kappa shape index (κ2) is 6.58. The van der Waals surface area contributed by atoms with Crippen LogP contribution < -0.4 is 5.32 Å². The SMILES string of the molecule is Cn1cc(-c2ccccc2CNC(=O)N2CCC(C)(C(=O)O)C2)cn1. The summed E-state index contributed by atoms with van der Waals surface area (Å²) in [7, 11) is 1.86. The fraction of sp³-hybridized carbons (Fsp3) is 0.389. The monoisotopic (exact) mass is 342 g/mol. The number of hydrogen-bond donors (Lipinski definition) is 2. The van der Waals surface area contributed by atoms with E-state index in [1.54, 1.807) is 22.7 Å². The molecule has 2 amide bonds. The highest BCUT2D eigenvalue weighted by atomic mass is 16.4. The zero-order valence-electron chi connectivity index (χ0n) is 14.4. The molecule has 7 heteroatoms. The van der Waals surface area contributed by atoms with Crippen LogP contribution in [0.25, 0.3) is 11.1 Å². The van der Waals surface area contributed by atoms with Crippen LogP contribution in [0.2, 0.25) is 0 Å². The molecule has 2 aromatic rings. The maximum absolute atomic E-state index is 12.4. The van der Waals surface area contributed by atoms with E-state index in [0.29, 0.717) is 19.5 Å². The number of carbonyl (C=O) groups is 2. The van der Waals surface area contributed by atoms with Gasteiger partial charge in [-0.1, -0.05) is 24.3 Å². The maximum Gasteiger partial charge on any atom is 0.317 e. The first-order chi connectivity index (χ1) is 11.9. The summed E-state index contributed by atoms with van der Waals surface area (Å²) in [4.78, 5) is 25.3. The Morgan fingerprint density at radius 3 is 2.76 bits per heavy atom. The van der Waals surface area contributed by atoms with E-state index in [1.807, 2.05) is 37.5 Å². The molecule has 0 radical (unpaired) electrons. The van der Waals surface area contributed by atoms with Gasteiger partial charge in [0, 0.05) is 38.4 Å². The lowest BCUT2D eigenvalue weighted by molar-refractivity contribution is -0.147. The van der Waals surface area contributed by atoms with Gasteiger partial charge in [0.25, 0.3) is 0 Å². The molecule has 7 nitrogen and oxygen atoms in total. The van der Waals surface area contributed by atoms with Gasteiger partial charge in [0.2, 0.25) is 0 Å². The summed E-state index contributed by atoms with van der Waals surface area (Å²) >= 11 is 0. The second-order valence-electron chi connectivity index (χ2n) is 6.76. The van der Waals surface area contributed by atoms with Crippen LogP contribution >= 0.6 is 0 Å². The molecule has 1 fully saturated rings. The summed E-state index contributed by atoms with van der Waals surface area (Å²) in [5, 5.41) is 16.4. The van der Waals surface area contributed by atoms with E-state index in [4.69, 9.17) is 0 Å². The molecule has 2 N–H and O–H groups in total. The first-order valence-corrected chi connectivity index (χ1v) is 8.22. The van der Waals surface area contributed by atoms with Gasteiger partial charge in [-0.2, -0.15) is 5.10 Å². The van der Waals surface area contributed by atoms with E-state index in [2.05, 4.69) is 10.4 Å². The minimum atomic E-state index is -0.857. The number of aryl methyl sites for hydroxylation is 1. The minimum Gasteiger partial charge on any atom is -0.481 e. The molecule has 0 saturated carbocycles. The van der Waals surface area contributed by atoms with Crippen LogP contribution in [0.5, 0.6) is 0 Å². The zero-order valence-corrected chi connectivity index (χ0v) is 14.4. The highest BCUT2D eigenvalue weighted by molar-refractivity contribution is 5.79. The summed E-state index contributed by atoms with van der Waals surface area (Å²) < 4.78 is 1.74. The lowest BCUT2D eigenvalue weighted by Crippen LogP contribution is -2.40. The van der Waals surface area contributed by atoms with E-state index >= 15 is 0 Å². The number of carboxylic acids is 1. The molecule has 0 spiro atoms. The Hall–Kier alpha value is -2.83. The van der Waals surface area contributed by atoms with Gasteiger partial charge in [0.05, 0.1) is 11.6 Å². The van der Waals surface area contributed by atoms with Crippen molar-refractivity contribution in [3.05, 3.63) is 42.2 Å². The Kier molecular flexibility index (Phi) is 4.48. The molecular formula is C18H22N4O3. The number of likely N-dealkylation sites (tertiary alicyclic amines) is 1. The predicted molar refractivity (Wildman–Crippen MR) is 92.8 cm³/mol. The van der Waals surface area contributed by atoms with Gasteiger partial charge in [-0.3, -0.25) is 9.48 Å². The number of urea groups is 1. The number of rotatable bonds is 4. The predicted octanol–water partition coefficient (Wildman–Crippen LogP) is 2.09. The zero-order chi connectivity index (χ0) is 18.0. The van der Waals surface area contributed by atoms with Crippen molar-refractivity contribution in [2.45, 2.75) is 19.9 Å². The van der Waals surface area contributed by atoms with Crippen molar-refractivity contribution in [3.8, 4) is 11.1 Å². The largest absolute Gasteiger partial charge is 0.481 e. The topological polar surface area (TPSA) is 87.5 Å². The molecule has 1 aliphatic rings. The highest BCUT2D eigenvalue weighted by Gasteiger charge is 2.42. The lowest BCUT2D eigenvalue weighted by Gasteiger charge is -2.21. The summed E-state index contributed by atoms with van der Waals surface area (Å²) in [6.07, 6.45) is 4.20. The first-order valence-electron chi connectivity index (χ1n) is 8.22. The summed E-state index contributed by atoms with van der Waals surface area (Å²) in [5.41, 5.74) is 2.15. The van der Waals surface area contributed by atoms with E-state index < -0.39 is 11.4 Å². The van der Waals surface area contributed by atoms with Crippen LogP contribution in [0.4, 0.5) is 4.79 Å². The number of nitrogens with one attached hydrogen (secondary N) is 1. The van der Waals surface area contributed by atoms with Crippen LogP contribution in [0, 0.1) is 5.41 Å². The van der Waals surface area contributed by atoms with Crippen molar-refractivity contribution in [3.63, 3.8) is 0 Å². The van der Waals surface area contributed by atoms with E-state index in [9.17, 15) is 14.7 Å². The molecule has 0 aliphatic carbocycles. The number of benzene rings is 1. The highest BCUT2D eigenvalue weighted by Crippen LogP contribution is 2.30. The fourth-order valence-electron chi connectivity index (χ4n) is 3.11. The van der Waals surface area contributed by atoms with Gasteiger partial charge in [-0.15, -0.1) is 0 Å². The van der Waals surface area contributed by atoms with Crippen molar-refractivity contribution in [2.75, 3.05) is 13.1 Å². The van der Waals surface area contributed by atoms with E-state index in [-0.39, 0.29) is 12.6 Å². The Labute approximate surface area is 146 Å². The van der Waals surface area contributed by atoms with Crippen molar-refractivity contribution in [1.29, 1.82) is 0 Å². The van der Waals surface area contributed by atoms with Gasteiger partial charge >= 0.3 is 12.0 Å². The smallest absolute Gasteiger partial charge is 0.317 e. The molecule has 2 heterocycles. The van der Waals surface area contributed by atoms with Crippen LogP contribution in [0.15, 0.2) is 36.7 Å². The number of carbonyl (C=O) groups excluding carboxylic acids is 1. The van der Waals surface area contributed by atoms with Gasteiger partial charge in [-0.25, -0.2) is 4.79 Å². The Morgan fingerprint density at radius 2 is 2.12 bits per heavy atom.